The first kappa shape index (κ1) is 11.7. The fourth-order valence-corrected chi connectivity index (χ4v) is 1.19. The second-order valence-electron chi connectivity index (χ2n) is 3.26. The number of hydrogen-bond acceptors (Lipinski definition) is 2. The molecule has 0 aliphatic heterocycles. The Hall–Kier alpha value is -1.42. The third kappa shape index (κ3) is 2.76. The van der Waals surface area contributed by atoms with Gasteiger partial charge in [0.2, 0.25) is 0 Å². The molecule has 0 fully saturated rings. The Bertz CT molecular complexity index is 354. The van der Waals surface area contributed by atoms with Crippen molar-refractivity contribution in [2.45, 2.75) is 13.0 Å². The molecular weight excluding hydrogens is 197 g/mol. The molecule has 0 aliphatic carbocycles. The Morgan fingerprint density at radius 3 is 2.73 bits per heavy atom. The van der Waals surface area contributed by atoms with Crippen LogP contribution in [0.1, 0.15) is 6.92 Å². The van der Waals surface area contributed by atoms with Crippen LogP contribution in [0.15, 0.2) is 24.3 Å². The van der Waals surface area contributed by atoms with E-state index in [4.69, 9.17) is 4.74 Å². The smallest absolute Gasteiger partial charge is 0.255 e. The number of rotatable bonds is 3. The minimum Gasteiger partial charge on any atom is -0.372 e. The maximum absolute atomic E-state index is 12.9. The minimum atomic E-state index is -0.529. The topological polar surface area (TPSA) is 29.5 Å². The molecule has 82 valence electrons. The van der Waals surface area contributed by atoms with Crippen molar-refractivity contribution in [3.8, 4) is 0 Å². The van der Waals surface area contributed by atoms with E-state index < -0.39 is 6.10 Å². The number of methoxy groups -OCH3 is 1. The normalized spacial score (nSPS) is 12.3. The van der Waals surface area contributed by atoms with Gasteiger partial charge in [0.05, 0.1) is 0 Å². The van der Waals surface area contributed by atoms with Crippen molar-refractivity contribution in [3.63, 3.8) is 0 Å². The highest BCUT2D eigenvalue weighted by Gasteiger charge is 2.17. The summed E-state index contributed by atoms with van der Waals surface area (Å²) >= 11 is 0. The SMILES string of the molecule is COC(C)C(=O)N(C)c1cccc(F)c1. The standard InChI is InChI=1S/C11H14FNO2/c1-8(15-3)11(14)13(2)10-6-4-5-9(12)7-10/h4-8H,1-3H3. The third-order valence-electron chi connectivity index (χ3n) is 2.23. The van der Waals surface area contributed by atoms with Crippen LogP contribution in [0.5, 0.6) is 0 Å². The van der Waals surface area contributed by atoms with Gasteiger partial charge in [-0.3, -0.25) is 4.79 Å². The molecule has 1 aromatic rings. The van der Waals surface area contributed by atoms with Crippen molar-refractivity contribution in [1.82, 2.24) is 0 Å². The van der Waals surface area contributed by atoms with Crippen LogP contribution >= 0.6 is 0 Å². The zero-order valence-corrected chi connectivity index (χ0v) is 9.03. The average molecular weight is 211 g/mol. The van der Waals surface area contributed by atoms with E-state index in [0.717, 1.165) is 0 Å². The molecule has 1 amide bonds. The number of hydrogen-bond donors (Lipinski definition) is 0. The van der Waals surface area contributed by atoms with Crippen LogP contribution in [-0.4, -0.2) is 26.2 Å². The molecule has 4 heteroatoms. The number of likely N-dealkylation sites (N-methyl/N-ethyl adjacent to an activating group) is 1. The summed E-state index contributed by atoms with van der Waals surface area (Å²) in [6.45, 7) is 1.65. The number of halogens is 1. The molecule has 3 nitrogen and oxygen atoms in total. The van der Waals surface area contributed by atoms with Gasteiger partial charge >= 0.3 is 0 Å². The van der Waals surface area contributed by atoms with Crippen molar-refractivity contribution in [2.75, 3.05) is 19.1 Å². The average Bonchev–Trinajstić information content (AvgIpc) is 2.26. The zero-order chi connectivity index (χ0) is 11.4. The molecule has 0 spiro atoms. The van der Waals surface area contributed by atoms with Gasteiger partial charge in [-0.15, -0.1) is 0 Å². The molecule has 1 aromatic carbocycles. The van der Waals surface area contributed by atoms with Crippen LogP contribution in [0.25, 0.3) is 0 Å². The van der Waals surface area contributed by atoms with Gasteiger partial charge in [-0.1, -0.05) is 6.07 Å². The van der Waals surface area contributed by atoms with Crippen LogP contribution in [0, 0.1) is 5.82 Å². The summed E-state index contributed by atoms with van der Waals surface area (Å²) in [5.41, 5.74) is 0.518. The molecule has 0 aromatic heterocycles. The Balaban J connectivity index is 2.85. The van der Waals surface area contributed by atoms with Crippen LogP contribution < -0.4 is 4.90 Å². The Morgan fingerprint density at radius 2 is 2.20 bits per heavy atom. The quantitative estimate of drug-likeness (QED) is 0.763. The van der Waals surface area contributed by atoms with Crippen molar-refractivity contribution >= 4 is 11.6 Å². The lowest BCUT2D eigenvalue weighted by Gasteiger charge is -2.20. The van der Waals surface area contributed by atoms with Crippen LogP contribution in [0.3, 0.4) is 0 Å². The highest BCUT2D eigenvalue weighted by Crippen LogP contribution is 2.15. The van der Waals surface area contributed by atoms with E-state index in [9.17, 15) is 9.18 Å². The Morgan fingerprint density at radius 1 is 1.53 bits per heavy atom. The predicted octanol–water partition coefficient (Wildman–Crippen LogP) is 1.82. The van der Waals surface area contributed by atoms with Crippen LogP contribution in [0.2, 0.25) is 0 Å². The summed E-state index contributed by atoms with van der Waals surface area (Å²) in [5, 5.41) is 0. The van der Waals surface area contributed by atoms with E-state index in [1.54, 1.807) is 26.1 Å². The number of ether oxygens (including phenoxy) is 1. The first-order valence-corrected chi connectivity index (χ1v) is 4.62. The largest absolute Gasteiger partial charge is 0.372 e. The number of carbonyl (C=O) groups is 1. The number of benzene rings is 1. The summed E-state index contributed by atoms with van der Waals surface area (Å²) in [6.07, 6.45) is -0.529. The van der Waals surface area contributed by atoms with Gasteiger partial charge in [0, 0.05) is 19.8 Å². The molecule has 0 saturated carbocycles. The molecule has 1 atom stereocenters. The summed E-state index contributed by atoms with van der Waals surface area (Å²) in [5.74, 6) is -0.569. The lowest BCUT2D eigenvalue weighted by atomic mass is 10.2. The van der Waals surface area contributed by atoms with Gasteiger partial charge in [0.1, 0.15) is 11.9 Å². The van der Waals surface area contributed by atoms with E-state index >= 15 is 0 Å². The van der Waals surface area contributed by atoms with Crippen molar-refractivity contribution < 1.29 is 13.9 Å². The lowest BCUT2D eigenvalue weighted by molar-refractivity contribution is -0.127. The van der Waals surface area contributed by atoms with Crippen molar-refractivity contribution in [2.24, 2.45) is 0 Å². The lowest BCUT2D eigenvalue weighted by Crippen LogP contribution is -2.35. The molecule has 0 N–H and O–H groups in total. The molecule has 15 heavy (non-hydrogen) atoms. The van der Waals surface area contributed by atoms with E-state index in [1.165, 1.54) is 24.1 Å². The van der Waals surface area contributed by atoms with E-state index in [0.29, 0.717) is 5.69 Å². The van der Waals surface area contributed by atoms with Gasteiger partial charge < -0.3 is 9.64 Å². The Labute approximate surface area is 88.5 Å². The molecule has 0 radical (unpaired) electrons. The monoisotopic (exact) mass is 211 g/mol. The molecule has 0 aliphatic rings. The van der Waals surface area contributed by atoms with Gasteiger partial charge in [0.25, 0.3) is 5.91 Å². The number of carbonyl (C=O) groups excluding carboxylic acids is 1. The maximum Gasteiger partial charge on any atom is 0.255 e. The van der Waals surface area contributed by atoms with Gasteiger partial charge in [-0.2, -0.15) is 0 Å². The summed E-state index contributed by atoms with van der Waals surface area (Å²) in [6, 6.07) is 5.87. The fraction of sp³-hybridized carbons (Fsp3) is 0.364. The number of nitrogens with zero attached hydrogens (tertiary/aromatic N) is 1. The Kier molecular flexibility index (Phi) is 3.80. The minimum absolute atomic E-state index is 0.205. The molecule has 1 unspecified atom stereocenters. The van der Waals surface area contributed by atoms with E-state index in [2.05, 4.69) is 0 Å². The fourth-order valence-electron chi connectivity index (χ4n) is 1.19. The highest BCUT2D eigenvalue weighted by atomic mass is 19.1. The van der Waals surface area contributed by atoms with Crippen LogP contribution in [-0.2, 0) is 9.53 Å². The highest BCUT2D eigenvalue weighted by molar-refractivity contribution is 5.95. The number of anilines is 1. The molecule has 0 heterocycles. The molecule has 0 bridgehead atoms. The van der Waals surface area contributed by atoms with Gasteiger partial charge in [0.15, 0.2) is 0 Å². The first-order valence-electron chi connectivity index (χ1n) is 4.62. The van der Waals surface area contributed by atoms with Gasteiger partial charge in [-0.25, -0.2) is 4.39 Å². The maximum atomic E-state index is 12.9. The van der Waals surface area contributed by atoms with Crippen molar-refractivity contribution in [1.29, 1.82) is 0 Å². The second-order valence-corrected chi connectivity index (χ2v) is 3.26. The van der Waals surface area contributed by atoms with E-state index in [-0.39, 0.29) is 11.7 Å². The number of amides is 1. The first-order chi connectivity index (χ1) is 7.06. The summed E-state index contributed by atoms with van der Waals surface area (Å²) in [7, 11) is 3.05. The molecule has 0 saturated heterocycles. The summed E-state index contributed by atoms with van der Waals surface area (Å²) in [4.78, 5) is 13.0. The van der Waals surface area contributed by atoms with Crippen molar-refractivity contribution in [3.05, 3.63) is 30.1 Å². The van der Waals surface area contributed by atoms with E-state index in [1.807, 2.05) is 0 Å². The summed E-state index contributed by atoms with van der Waals surface area (Å²) < 4.78 is 17.8. The van der Waals surface area contributed by atoms with Crippen LogP contribution in [0.4, 0.5) is 10.1 Å². The zero-order valence-electron chi connectivity index (χ0n) is 9.03. The molecular formula is C11H14FNO2. The third-order valence-corrected chi connectivity index (χ3v) is 2.23. The second kappa shape index (κ2) is 4.89. The molecule has 1 rings (SSSR count). The predicted molar refractivity (Wildman–Crippen MR) is 56.3 cm³/mol. The van der Waals surface area contributed by atoms with Gasteiger partial charge in [-0.05, 0) is 25.1 Å².